The number of halogens is 1. The number of aromatic nitrogens is 1. The molecule has 0 amide bonds. The van der Waals surface area contributed by atoms with Gasteiger partial charge in [0, 0.05) is 43.9 Å². The molecular formula is C18H19ClN4O2. The van der Waals surface area contributed by atoms with Crippen molar-refractivity contribution >= 4 is 23.1 Å². The summed E-state index contributed by atoms with van der Waals surface area (Å²) in [6.07, 6.45) is 1.72. The summed E-state index contributed by atoms with van der Waals surface area (Å²) in [5.41, 5.74) is 1.59. The highest BCUT2D eigenvalue weighted by atomic mass is 35.5. The summed E-state index contributed by atoms with van der Waals surface area (Å²) >= 11 is 6.14. The lowest BCUT2D eigenvalue weighted by atomic mass is 10.2. The van der Waals surface area contributed by atoms with Gasteiger partial charge in [0.2, 0.25) is 5.88 Å². The highest BCUT2D eigenvalue weighted by molar-refractivity contribution is 6.31. The Labute approximate surface area is 151 Å². The van der Waals surface area contributed by atoms with Gasteiger partial charge in [-0.1, -0.05) is 11.6 Å². The molecule has 130 valence electrons. The van der Waals surface area contributed by atoms with E-state index >= 15 is 0 Å². The Balaban J connectivity index is 1.71. The van der Waals surface area contributed by atoms with E-state index in [-0.39, 0.29) is 6.61 Å². The van der Waals surface area contributed by atoms with Crippen LogP contribution in [0.15, 0.2) is 41.5 Å². The van der Waals surface area contributed by atoms with Gasteiger partial charge in [0.25, 0.3) is 0 Å². The lowest BCUT2D eigenvalue weighted by Crippen LogP contribution is -2.49. The molecular weight excluding hydrogens is 340 g/mol. The van der Waals surface area contributed by atoms with E-state index < -0.39 is 0 Å². The van der Waals surface area contributed by atoms with Crippen LogP contribution in [0.2, 0.25) is 5.02 Å². The highest BCUT2D eigenvalue weighted by Gasteiger charge is 2.26. The Morgan fingerprint density at radius 1 is 1.16 bits per heavy atom. The van der Waals surface area contributed by atoms with Gasteiger partial charge in [-0.15, -0.1) is 0 Å². The molecule has 0 saturated carbocycles. The lowest BCUT2D eigenvalue weighted by Gasteiger charge is -2.36. The molecule has 0 aliphatic carbocycles. The van der Waals surface area contributed by atoms with Crippen LogP contribution in [0.4, 0.5) is 5.69 Å². The van der Waals surface area contributed by atoms with E-state index in [1.807, 2.05) is 24.3 Å². The molecule has 1 aromatic heterocycles. The van der Waals surface area contributed by atoms with Crippen molar-refractivity contribution in [1.82, 2.24) is 14.8 Å². The minimum Gasteiger partial charge on any atom is -0.436 e. The first-order chi connectivity index (χ1) is 12.2. The molecule has 6 nitrogen and oxygen atoms in total. The molecule has 4 rings (SSSR count). The first kappa shape index (κ1) is 16.3. The molecule has 0 unspecified atom stereocenters. The maximum Gasteiger partial charge on any atom is 0.230 e. The summed E-state index contributed by atoms with van der Waals surface area (Å²) in [5, 5.41) is 9.74. The molecule has 0 atom stereocenters. The number of amidine groups is 1. The topological polar surface area (TPSA) is 61.2 Å². The number of benzene rings is 1. The Hall–Kier alpha value is -2.15. The molecule has 0 spiro atoms. The fourth-order valence-corrected chi connectivity index (χ4v) is 3.32. The van der Waals surface area contributed by atoms with Gasteiger partial charge in [0.15, 0.2) is 5.75 Å². The average molecular weight is 359 g/mol. The van der Waals surface area contributed by atoms with E-state index in [4.69, 9.17) is 26.4 Å². The first-order valence-electron chi connectivity index (χ1n) is 8.34. The fourth-order valence-electron chi connectivity index (χ4n) is 3.15. The molecule has 1 aromatic carbocycles. The van der Waals surface area contributed by atoms with Crippen molar-refractivity contribution in [3.05, 3.63) is 47.1 Å². The van der Waals surface area contributed by atoms with Crippen LogP contribution in [0, 0.1) is 0 Å². The number of ether oxygens (including phenoxy) is 1. The number of hydrogen-bond acceptors (Lipinski definition) is 6. The molecule has 1 fully saturated rings. The molecule has 3 heterocycles. The Kier molecular flexibility index (Phi) is 4.57. The van der Waals surface area contributed by atoms with Crippen molar-refractivity contribution in [1.29, 1.82) is 0 Å². The number of rotatable bonds is 2. The van der Waals surface area contributed by atoms with Crippen LogP contribution >= 0.6 is 11.6 Å². The van der Waals surface area contributed by atoms with Crippen LogP contribution in [0.1, 0.15) is 5.56 Å². The van der Waals surface area contributed by atoms with Crippen LogP contribution in [0.5, 0.6) is 11.6 Å². The van der Waals surface area contributed by atoms with E-state index in [1.165, 1.54) is 0 Å². The number of piperazine rings is 1. The number of aliphatic hydroxyl groups is 1. The number of fused-ring (bicyclic) bond motifs is 2. The minimum absolute atomic E-state index is 0.188. The zero-order valence-electron chi connectivity index (χ0n) is 13.7. The van der Waals surface area contributed by atoms with Crippen molar-refractivity contribution in [3.63, 3.8) is 0 Å². The van der Waals surface area contributed by atoms with E-state index in [0.29, 0.717) is 28.9 Å². The molecule has 2 aliphatic heterocycles. The van der Waals surface area contributed by atoms with Crippen LogP contribution < -0.4 is 4.74 Å². The van der Waals surface area contributed by atoms with Crippen molar-refractivity contribution in [2.24, 2.45) is 4.99 Å². The second-order valence-electron chi connectivity index (χ2n) is 6.06. The minimum atomic E-state index is 0.188. The predicted molar refractivity (Wildman–Crippen MR) is 97.1 cm³/mol. The van der Waals surface area contributed by atoms with Gasteiger partial charge < -0.3 is 14.7 Å². The van der Waals surface area contributed by atoms with Crippen molar-refractivity contribution in [2.75, 3.05) is 39.3 Å². The lowest BCUT2D eigenvalue weighted by molar-refractivity contribution is 0.147. The van der Waals surface area contributed by atoms with Gasteiger partial charge in [-0.05, 0) is 30.3 Å². The zero-order valence-corrected chi connectivity index (χ0v) is 14.5. The number of hydrogen-bond donors (Lipinski definition) is 1. The van der Waals surface area contributed by atoms with E-state index in [9.17, 15) is 0 Å². The van der Waals surface area contributed by atoms with E-state index in [0.717, 1.165) is 37.6 Å². The van der Waals surface area contributed by atoms with Crippen LogP contribution in [0.3, 0.4) is 0 Å². The molecule has 2 aromatic rings. The Morgan fingerprint density at radius 3 is 2.80 bits per heavy atom. The van der Waals surface area contributed by atoms with Crippen LogP contribution in [-0.4, -0.2) is 65.1 Å². The summed E-state index contributed by atoms with van der Waals surface area (Å²) < 4.78 is 5.98. The van der Waals surface area contributed by atoms with Gasteiger partial charge in [-0.25, -0.2) is 9.98 Å². The van der Waals surface area contributed by atoms with E-state index in [2.05, 4.69) is 14.8 Å². The van der Waals surface area contributed by atoms with Gasteiger partial charge in [-0.2, -0.15) is 0 Å². The van der Waals surface area contributed by atoms with Crippen LogP contribution in [0.25, 0.3) is 0 Å². The first-order valence-corrected chi connectivity index (χ1v) is 8.72. The molecule has 0 radical (unpaired) electrons. The second kappa shape index (κ2) is 7.00. The molecule has 7 heteroatoms. The summed E-state index contributed by atoms with van der Waals surface area (Å²) in [5.74, 6) is 2.06. The second-order valence-corrected chi connectivity index (χ2v) is 6.49. The Morgan fingerprint density at radius 2 is 2.00 bits per heavy atom. The molecule has 25 heavy (non-hydrogen) atoms. The maximum absolute atomic E-state index is 9.12. The van der Waals surface area contributed by atoms with Crippen molar-refractivity contribution in [3.8, 4) is 11.6 Å². The van der Waals surface area contributed by atoms with Crippen LogP contribution in [-0.2, 0) is 0 Å². The number of β-amino-alcohol motifs (C(OH)–C–C–N with tert-alkyl or cyclic N) is 1. The summed E-state index contributed by atoms with van der Waals surface area (Å²) in [7, 11) is 0. The standard InChI is InChI=1S/C18H19ClN4O2/c19-13-3-4-16-15(12-13)21-17(14-2-1-5-20-18(14)25-16)23-8-6-22(7-9-23)10-11-24/h1-5,12,24H,6-11H2. The largest absolute Gasteiger partial charge is 0.436 e. The smallest absolute Gasteiger partial charge is 0.230 e. The number of aliphatic hydroxyl groups excluding tert-OH is 1. The molecule has 1 saturated heterocycles. The Bertz CT molecular complexity index is 803. The quantitative estimate of drug-likeness (QED) is 0.893. The number of pyridine rings is 1. The van der Waals surface area contributed by atoms with Crippen molar-refractivity contribution < 1.29 is 9.84 Å². The summed E-state index contributed by atoms with van der Waals surface area (Å²) in [4.78, 5) is 13.7. The monoisotopic (exact) mass is 358 g/mol. The van der Waals surface area contributed by atoms with E-state index in [1.54, 1.807) is 12.3 Å². The highest BCUT2D eigenvalue weighted by Crippen LogP contribution is 2.38. The zero-order chi connectivity index (χ0) is 17.2. The van der Waals surface area contributed by atoms with Gasteiger partial charge in [0.05, 0.1) is 12.2 Å². The third-order valence-electron chi connectivity index (χ3n) is 4.45. The van der Waals surface area contributed by atoms with Gasteiger partial charge in [0.1, 0.15) is 11.5 Å². The normalized spacial score (nSPS) is 17.2. The SMILES string of the molecule is OCCN1CCN(C2=Nc3cc(Cl)ccc3Oc3ncccc32)CC1. The molecule has 0 bridgehead atoms. The molecule has 1 N–H and O–H groups in total. The number of nitrogens with zero attached hydrogens (tertiary/aromatic N) is 4. The summed E-state index contributed by atoms with van der Waals surface area (Å²) in [6, 6.07) is 9.29. The molecule has 2 aliphatic rings. The van der Waals surface area contributed by atoms with Crippen molar-refractivity contribution in [2.45, 2.75) is 0 Å². The maximum atomic E-state index is 9.12. The average Bonchev–Trinajstić information content (AvgIpc) is 2.79. The van der Waals surface area contributed by atoms with Gasteiger partial charge >= 0.3 is 0 Å². The number of aliphatic imine (C=N–C) groups is 1. The third kappa shape index (κ3) is 3.33. The fraction of sp³-hybridized carbons (Fsp3) is 0.333. The third-order valence-corrected chi connectivity index (χ3v) is 4.69. The summed E-state index contributed by atoms with van der Waals surface area (Å²) in [6.45, 7) is 4.34. The van der Waals surface area contributed by atoms with Gasteiger partial charge in [-0.3, -0.25) is 4.90 Å². The predicted octanol–water partition coefficient (Wildman–Crippen LogP) is 2.53.